The largest absolute Gasteiger partial charge is 0.491 e. The van der Waals surface area contributed by atoms with Gasteiger partial charge in [0.25, 0.3) is 0 Å². The molecule has 1 rings (SSSR count). The van der Waals surface area contributed by atoms with E-state index in [-0.39, 0.29) is 36.4 Å². The summed E-state index contributed by atoms with van der Waals surface area (Å²) in [4.78, 5) is 16.3. The van der Waals surface area contributed by atoms with E-state index in [0.29, 0.717) is 45.4 Å². The normalized spacial score (nSPS) is 10.8. The highest BCUT2D eigenvalue weighted by molar-refractivity contribution is 14.0. The van der Waals surface area contributed by atoms with Gasteiger partial charge in [-0.2, -0.15) is 0 Å². The molecule has 1 aromatic carbocycles. The number of carbonyl (C=O) groups is 1. The molecule has 0 saturated heterocycles. The minimum absolute atomic E-state index is 0. The molecule has 0 bridgehead atoms. The van der Waals surface area contributed by atoms with E-state index < -0.39 is 0 Å². The van der Waals surface area contributed by atoms with Crippen LogP contribution in [0.15, 0.2) is 23.2 Å². The van der Waals surface area contributed by atoms with Crippen LogP contribution in [0.4, 0.5) is 0 Å². The molecule has 160 valence electrons. The van der Waals surface area contributed by atoms with Gasteiger partial charge < -0.3 is 30.2 Å². The molecule has 28 heavy (non-hydrogen) atoms. The summed E-state index contributed by atoms with van der Waals surface area (Å²) in [5.41, 5.74) is 2.09. The second-order valence-corrected chi connectivity index (χ2v) is 5.84. The number of carbonyl (C=O) groups excluding carboxylic acids is 1. The van der Waals surface area contributed by atoms with E-state index >= 15 is 0 Å². The number of guanidine groups is 1. The molecule has 0 radical (unpaired) electrons. The standard InChI is InChI=1S/C19H32N4O4.HI/c1-5-20-19(23-14-18(24)21-8-9-25-3)22-13-16-7-6-15(2)12-17(16)27-11-10-26-4;/h6-7,12H,5,8-11,13-14H2,1-4H3,(H,21,24)(H2,20,22,23);1H. The third-order valence-electron chi connectivity index (χ3n) is 3.56. The van der Waals surface area contributed by atoms with Crippen molar-refractivity contribution in [2.45, 2.75) is 20.4 Å². The summed E-state index contributed by atoms with van der Waals surface area (Å²) in [5, 5.41) is 8.92. The van der Waals surface area contributed by atoms with E-state index in [1.54, 1.807) is 14.2 Å². The quantitative estimate of drug-likeness (QED) is 0.171. The Hall–Kier alpha value is -1.59. The fourth-order valence-corrected chi connectivity index (χ4v) is 2.19. The summed E-state index contributed by atoms with van der Waals surface area (Å²) in [6.45, 7) is 7.24. The van der Waals surface area contributed by atoms with Crippen molar-refractivity contribution in [2.75, 3.05) is 53.7 Å². The zero-order valence-corrected chi connectivity index (χ0v) is 19.5. The highest BCUT2D eigenvalue weighted by atomic mass is 127. The van der Waals surface area contributed by atoms with Gasteiger partial charge in [-0.1, -0.05) is 12.1 Å². The van der Waals surface area contributed by atoms with Crippen LogP contribution in [0.2, 0.25) is 0 Å². The summed E-state index contributed by atoms with van der Waals surface area (Å²) >= 11 is 0. The molecule has 0 aliphatic carbocycles. The molecule has 0 unspecified atom stereocenters. The minimum atomic E-state index is -0.114. The van der Waals surface area contributed by atoms with E-state index in [1.165, 1.54) is 0 Å². The number of halogens is 1. The molecule has 1 aromatic rings. The second kappa shape index (κ2) is 16.4. The zero-order chi connectivity index (χ0) is 19.9. The highest BCUT2D eigenvalue weighted by Gasteiger charge is 2.06. The fourth-order valence-electron chi connectivity index (χ4n) is 2.19. The predicted octanol–water partition coefficient (Wildman–Crippen LogP) is 1.46. The molecule has 0 atom stereocenters. The number of aryl methyl sites for hydroxylation is 1. The molecule has 0 aliphatic heterocycles. The Morgan fingerprint density at radius 2 is 1.82 bits per heavy atom. The number of ether oxygens (including phenoxy) is 3. The van der Waals surface area contributed by atoms with Crippen LogP contribution in [0, 0.1) is 6.92 Å². The van der Waals surface area contributed by atoms with Gasteiger partial charge in [0.2, 0.25) is 5.91 Å². The Morgan fingerprint density at radius 3 is 2.50 bits per heavy atom. The molecule has 9 heteroatoms. The van der Waals surface area contributed by atoms with E-state index in [4.69, 9.17) is 14.2 Å². The van der Waals surface area contributed by atoms with Crippen LogP contribution in [0.25, 0.3) is 0 Å². The number of methoxy groups -OCH3 is 2. The Kier molecular flexibility index (Phi) is 15.4. The summed E-state index contributed by atoms with van der Waals surface area (Å²) in [5.74, 6) is 1.25. The van der Waals surface area contributed by atoms with Crippen LogP contribution in [0.1, 0.15) is 18.1 Å². The number of hydrogen-bond acceptors (Lipinski definition) is 5. The number of rotatable bonds is 12. The number of aliphatic imine (C=N–C) groups is 1. The van der Waals surface area contributed by atoms with E-state index in [9.17, 15) is 4.79 Å². The third kappa shape index (κ3) is 11.3. The average molecular weight is 508 g/mol. The van der Waals surface area contributed by atoms with Gasteiger partial charge in [0.1, 0.15) is 12.4 Å². The van der Waals surface area contributed by atoms with Gasteiger partial charge in [-0.25, -0.2) is 4.99 Å². The molecular formula is C19H33IN4O4. The lowest BCUT2D eigenvalue weighted by Gasteiger charge is -2.13. The van der Waals surface area contributed by atoms with Gasteiger partial charge >= 0.3 is 0 Å². The van der Waals surface area contributed by atoms with Crippen LogP contribution >= 0.6 is 24.0 Å². The van der Waals surface area contributed by atoms with Gasteiger partial charge in [0.05, 0.1) is 26.3 Å². The Balaban J connectivity index is 0.00000729. The monoisotopic (exact) mass is 508 g/mol. The van der Waals surface area contributed by atoms with E-state index in [0.717, 1.165) is 16.9 Å². The van der Waals surface area contributed by atoms with Gasteiger partial charge in [0, 0.05) is 32.9 Å². The van der Waals surface area contributed by atoms with Crippen LogP contribution in [0.3, 0.4) is 0 Å². The fraction of sp³-hybridized carbons (Fsp3) is 0.579. The van der Waals surface area contributed by atoms with Crippen molar-refractivity contribution in [1.82, 2.24) is 16.0 Å². The first-order valence-electron chi connectivity index (χ1n) is 9.09. The van der Waals surface area contributed by atoms with Gasteiger partial charge in [-0.3, -0.25) is 4.79 Å². The smallest absolute Gasteiger partial charge is 0.239 e. The molecule has 3 N–H and O–H groups in total. The Morgan fingerprint density at radius 1 is 1.07 bits per heavy atom. The van der Waals surface area contributed by atoms with Crippen molar-refractivity contribution in [3.05, 3.63) is 29.3 Å². The molecule has 0 aromatic heterocycles. The maximum atomic E-state index is 11.8. The summed E-state index contributed by atoms with van der Waals surface area (Å²) < 4.78 is 15.7. The molecule has 8 nitrogen and oxygen atoms in total. The molecule has 0 spiro atoms. The molecule has 0 aliphatic rings. The summed E-state index contributed by atoms with van der Waals surface area (Å²) in [7, 11) is 3.24. The second-order valence-electron chi connectivity index (χ2n) is 5.84. The maximum Gasteiger partial charge on any atom is 0.239 e. The Bertz CT molecular complexity index is 599. The van der Waals surface area contributed by atoms with E-state index in [1.807, 2.05) is 32.0 Å². The molecule has 1 amide bonds. The van der Waals surface area contributed by atoms with Crippen LogP contribution < -0.4 is 20.7 Å². The van der Waals surface area contributed by atoms with Crippen molar-refractivity contribution < 1.29 is 19.0 Å². The zero-order valence-electron chi connectivity index (χ0n) is 17.2. The lowest BCUT2D eigenvalue weighted by molar-refractivity contribution is -0.120. The van der Waals surface area contributed by atoms with Crippen LogP contribution in [-0.4, -0.2) is 65.5 Å². The number of nitrogens with zero attached hydrogens (tertiary/aromatic N) is 1. The molecule has 0 heterocycles. The van der Waals surface area contributed by atoms with Crippen molar-refractivity contribution >= 4 is 35.8 Å². The summed E-state index contributed by atoms with van der Waals surface area (Å²) in [6, 6.07) is 6.02. The van der Waals surface area contributed by atoms with Crippen LogP contribution in [-0.2, 0) is 20.8 Å². The molecule has 0 fully saturated rings. The van der Waals surface area contributed by atoms with Gasteiger partial charge in [-0.05, 0) is 25.5 Å². The Labute approximate surface area is 184 Å². The van der Waals surface area contributed by atoms with Crippen molar-refractivity contribution in [3.8, 4) is 5.75 Å². The first-order chi connectivity index (χ1) is 13.1. The maximum absolute atomic E-state index is 11.8. The highest BCUT2D eigenvalue weighted by Crippen LogP contribution is 2.21. The summed E-state index contributed by atoms with van der Waals surface area (Å²) in [6.07, 6.45) is 0. The van der Waals surface area contributed by atoms with Crippen molar-refractivity contribution in [3.63, 3.8) is 0 Å². The van der Waals surface area contributed by atoms with Crippen LogP contribution in [0.5, 0.6) is 5.75 Å². The van der Waals surface area contributed by atoms with Gasteiger partial charge in [0.15, 0.2) is 5.96 Å². The van der Waals surface area contributed by atoms with Gasteiger partial charge in [-0.15, -0.1) is 24.0 Å². The average Bonchev–Trinajstić information content (AvgIpc) is 2.65. The lowest BCUT2D eigenvalue weighted by atomic mass is 10.1. The predicted molar refractivity (Wildman–Crippen MR) is 122 cm³/mol. The number of nitrogens with one attached hydrogen (secondary N) is 3. The molecule has 0 saturated carbocycles. The first-order valence-corrected chi connectivity index (χ1v) is 9.09. The molecular weight excluding hydrogens is 475 g/mol. The number of benzene rings is 1. The van der Waals surface area contributed by atoms with E-state index in [2.05, 4.69) is 20.9 Å². The lowest BCUT2D eigenvalue weighted by Crippen LogP contribution is -2.43. The number of amides is 1. The SMILES string of the molecule is CCNC(=NCc1ccc(C)cc1OCCOC)NCC(=O)NCCOC.I. The first kappa shape index (κ1) is 26.4. The number of hydrogen-bond donors (Lipinski definition) is 3. The third-order valence-corrected chi connectivity index (χ3v) is 3.56. The van der Waals surface area contributed by atoms with Crippen molar-refractivity contribution in [1.29, 1.82) is 0 Å². The topological polar surface area (TPSA) is 93.2 Å². The van der Waals surface area contributed by atoms with Crippen molar-refractivity contribution in [2.24, 2.45) is 4.99 Å². The minimum Gasteiger partial charge on any atom is -0.491 e.